The third kappa shape index (κ3) is 2.01. The molecule has 0 aromatic heterocycles. The molecule has 1 saturated heterocycles. The highest BCUT2D eigenvalue weighted by atomic mass is 16.6. The molecule has 2 fully saturated rings. The molecule has 0 amide bonds. The molecule has 0 aromatic rings. The second kappa shape index (κ2) is 4.46. The van der Waals surface area contributed by atoms with Crippen molar-refractivity contribution in [3.8, 4) is 0 Å². The van der Waals surface area contributed by atoms with Crippen LogP contribution in [0, 0.1) is 16.2 Å². The van der Waals surface area contributed by atoms with Crippen LogP contribution in [-0.2, 0) is 23.9 Å². The zero-order valence-corrected chi connectivity index (χ0v) is 14.4. The molecule has 2 bridgehead atoms. The third-order valence-electron chi connectivity index (χ3n) is 6.26. The molecule has 1 aliphatic heterocycles. The van der Waals surface area contributed by atoms with Gasteiger partial charge in [-0.1, -0.05) is 27.7 Å². The summed E-state index contributed by atoms with van der Waals surface area (Å²) in [6, 6.07) is 0. The Balaban J connectivity index is 1.88. The fraction of sp³-hybridized carbons (Fsp3) is 0.722. The molecule has 23 heavy (non-hydrogen) atoms. The standard InChI is InChI=1S/C18H24O5/c1-15(2)9-11(19)8-12(10-15)22-14(21)18-7-6-17(5,13(20)23-18)16(18,3)4/h8H,6-7,9-10H2,1-5H3. The van der Waals surface area contributed by atoms with Gasteiger partial charge in [0.1, 0.15) is 5.76 Å². The second-order valence-corrected chi connectivity index (χ2v) is 8.66. The van der Waals surface area contributed by atoms with E-state index in [-0.39, 0.29) is 17.2 Å². The van der Waals surface area contributed by atoms with Crippen molar-refractivity contribution in [2.24, 2.45) is 16.2 Å². The lowest BCUT2D eigenvalue weighted by Crippen LogP contribution is -2.49. The first kappa shape index (κ1) is 16.2. The summed E-state index contributed by atoms with van der Waals surface area (Å²) >= 11 is 0. The predicted molar refractivity (Wildman–Crippen MR) is 82.1 cm³/mol. The molecule has 2 aliphatic carbocycles. The summed E-state index contributed by atoms with van der Waals surface area (Å²) in [6.07, 6.45) is 3.44. The average Bonchev–Trinajstić information content (AvgIpc) is 2.66. The number of carbonyl (C=O) groups is 3. The Bertz CT molecular complexity index is 642. The number of rotatable bonds is 2. The van der Waals surface area contributed by atoms with E-state index in [1.165, 1.54) is 6.08 Å². The van der Waals surface area contributed by atoms with Gasteiger partial charge in [0, 0.05) is 24.3 Å². The minimum Gasteiger partial charge on any atom is -0.446 e. The summed E-state index contributed by atoms with van der Waals surface area (Å²) in [4.78, 5) is 36.9. The van der Waals surface area contributed by atoms with E-state index in [0.29, 0.717) is 31.4 Å². The quantitative estimate of drug-likeness (QED) is 0.732. The van der Waals surface area contributed by atoms with Gasteiger partial charge in [-0.15, -0.1) is 0 Å². The first-order valence-corrected chi connectivity index (χ1v) is 8.13. The topological polar surface area (TPSA) is 69.7 Å². The molecule has 0 spiro atoms. The number of ether oxygens (including phenoxy) is 2. The number of allylic oxidation sites excluding steroid dienone is 2. The molecule has 2 unspecified atom stereocenters. The summed E-state index contributed by atoms with van der Waals surface area (Å²) in [6.45, 7) is 9.56. The smallest absolute Gasteiger partial charge is 0.356 e. The van der Waals surface area contributed by atoms with Gasteiger partial charge < -0.3 is 9.47 Å². The van der Waals surface area contributed by atoms with Gasteiger partial charge in [0.05, 0.1) is 5.41 Å². The molecular formula is C18H24O5. The molecule has 1 heterocycles. The largest absolute Gasteiger partial charge is 0.446 e. The molecule has 0 N–H and O–H groups in total. The van der Waals surface area contributed by atoms with Gasteiger partial charge in [-0.05, 0) is 25.2 Å². The van der Waals surface area contributed by atoms with Gasteiger partial charge in [-0.25, -0.2) is 4.79 Å². The van der Waals surface area contributed by atoms with Gasteiger partial charge >= 0.3 is 11.9 Å². The third-order valence-corrected chi connectivity index (χ3v) is 6.26. The van der Waals surface area contributed by atoms with Crippen LogP contribution in [0.4, 0.5) is 0 Å². The minimum atomic E-state index is -1.25. The maximum absolute atomic E-state index is 12.9. The molecule has 0 aromatic carbocycles. The monoisotopic (exact) mass is 320 g/mol. The normalized spacial score (nSPS) is 37.3. The van der Waals surface area contributed by atoms with Crippen molar-refractivity contribution in [2.75, 3.05) is 0 Å². The summed E-state index contributed by atoms with van der Waals surface area (Å²) < 4.78 is 11.1. The Kier molecular flexibility index (Phi) is 3.14. The lowest BCUT2D eigenvalue weighted by Gasteiger charge is -2.35. The van der Waals surface area contributed by atoms with Crippen LogP contribution >= 0.6 is 0 Å². The fourth-order valence-electron chi connectivity index (χ4n) is 4.26. The zero-order valence-electron chi connectivity index (χ0n) is 14.4. The summed E-state index contributed by atoms with van der Waals surface area (Å²) in [5.74, 6) is -0.549. The van der Waals surface area contributed by atoms with E-state index in [4.69, 9.17) is 9.47 Å². The van der Waals surface area contributed by atoms with Crippen molar-refractivity contribution >= 4 is 17.7 Å². The van der Waals surface area contributed by atoms with Crippen LogP contribution in [0.2, 0.25) is 0 Å². The molecule has 3 aliphatic rings. The second-order valence-electron chi connectivity index (χ2n) is 8.66. The first-order chi connectivity index (χ1) is 10.4. The van der Waals surface area contributed by atoms with E-state index in [9.17, 15) is 14.4 Å². The fourth-order valence-corrected chi connectivity index (χ4v) is 4.26. The van der Waals surface area contributed by atoms with Gasteiger partial charge in [-0.3, -0.25) is 9.59 Å². The SMILES string of the molecule is CC1(C)CC(=O)C=C(OC(=O)C23CCC(C)(C(=O)O2)C3(C)C)C1. The molecule has 2 atom stereocenters. The van der Waals surface area contributed by atoms with E-state index in [1.54, 1.807) is 0 Å². The predicted octanol–water partition coefficient (Wildman–Crippen LogP) is 2.92. The number of esters is 2. The Labute approximate surface area is 136 Å². The van der Waals surface area contributed by atoms with Crippen molar-refractivity contribution in [1.82, 2.24) is 0 Å². The highest BCUT2D eigenvalue weighted by molar-refractivity contribution is 5.95. The number of carbonyl (C=O) groups excluding carboxylic acids is 3. The number of fused-ring (bicyclic) bond motifs is 2. The maximum atomic E-state index is 12.9. The van der Waals surface area contributed by atoms with Crippen LogP contribution in [0.5, 0.6) is 0 Å². The Morgan fingerprint density at radius 3 is 2.22 bits per heavy atom. The molecule has 5 heteroatoms. The average molecular weight is 320 g/mol. The van der Waals surface area contributed by atoms with Crippen molar-refractivity contribution in [2.45, 2.75) is 65.9 Å². The van der Waals surface area contributed by atoms with Crippen molar-refractivity contribution in [1.29, 1.82) is 0 Å². The van der Waals surface area contributed by atoms with Gasteiger partial charge in [0.25, 0.3) is 0 Å². The Morgan fingerprint density at radius 1 is 1.09 bits per heavy atom. The van der Waals surface area contributed by atoms with E-state index >= 15 is 0 Å². The number of ketones is 1. The van der Waals surface area contributed by atoms with Crippen LogP contribution in [-0.4, -0.2) is 23.3 Å². The van der Waals surface area contributed by atoms with Gasteiger partial charge in [0.2, 0.25) is 5.60 Å². The van der Waals surface area contributed by atoms with Crippen molar-refractivity contribution in [3.05, 3.63) is 11.8 Å². The zero-order chi connectivity index (χ0) is 17.3. The lowest BCUT2D eigenvalue weighted by atomic mass is 9.66. The van der Waals surface area contributed by atoms with E-state index in [1.807, 2.05) is 34.6 Å². The highest BCUT2D eigenvalue weighted by Gasteiger charge is 2.76. The van der Waals surface area contributed by atoms with Crippen LogP contribution < -0.4 is 0 Å². The maximum Gasteiger partial charge on any atom is 0.356 e. The summed E-state index contributed by atoms with van der Waals surface area (Å²) in [7, 11) is 0. The van der Waals surface area contributed by atoms with Crippen LogP contribution in [0.15, 0.2) is 11.8 Å². The Hall–Kier alpha value is -1.65. The van der Waals surface area contributed by atoms with Crippen LogP contribution in [0.1, 0.15) is 60.3 Å². The molecular weight excluding hydrogens is 296 g/mol. The molecule has 126 valence electrons. The Morgan fingerprint density at radius 2 is 1.74 bits per heavy atom. The van der Waals surface area contributed by atoms with Crippen molar-refractivity contribution < 1.29 is 23.9 Å². The lowest BCUT2D eigenvalue weighted by molar-refractivity contribution is -0.180. The molecule has 1 saturated carbocycles. The summed E-state index contributed by atoms with van der Waals surface area (Å²) in [5, 5.41) is 0. The summed E-state index contributed by atoms with van der Waals surface area (Å²) in [5.41, 5.74) is -2.78. The van der Waals surface area contributed by atoms with Crippen LogP contribution in [0.3, 0.4) is 0 Å². The molecule has 5 nitrogen and oxygen atoms in total. The number of hydrogen-bond donors (Lipinski definition) is 0. The molecule has 3 rings (SSSR count). The van der Waals surface area contributed by atoms with Gasteiger partial charge in [0.15, 0.2) is 5.78 Å². The minimum absolute atomic E-state index is 0.0412. The molecule has 0 radical (unpaired) electrons. The first-order valence-electron chi connectivity index (χ1n) is 8.13. The van der Waals surface area contributed by atoms with E-state index in [2.05, 4.69) is 0 Å². The highest BCUT2D eigenvalue weighted by Crippen LogP contribution is 2.66. The van der Waals surface area contributed by atoms with E-state index < -0.39 is 22.4 Å². The van der Waals surface area contributed by atoms with Crippen LogP contribution in [0.25, 0.3) is 0 Å². The number of hydrogen-bond acceptors (Lipinski definition) is 5. The van der Waals surface area contributed by atoms with E-state index in [0.717, 1.165) is 0 Å². The van der Waals surface area contributed by atoms with Crippen molar-refractivity contribution in [3.63, 3.8) is 0 Å². The van der Waals surface area contributed by atoms with Gasteiger partial charge in [-0.2, -0.15) is 0 Å².